The van der Waals surface area contributed by atoms with Crippen molar-refractivity contribution < 1.29 is 28.5 Å². The summed E-state index contributed by atoms with van der Waals surface area (Å²) in [5.74, 6) is 1.60. The molecule has 2 aliphatic heterocycles. The lowest BCUT2D eigenvalue weighted by Crippen LogP contribution is -2.33. The largest absolute Gasteiger partial charge is 0.495 e. The third-order valence-electron chi connectivity index (χ3n) is 5.60. The van der Waals surface area contributed by atoms with Gasteiger partial charge in [-0.1, -0.05) is 12.1 Å². The molecule has 1 saturated heterocycles. The van der Waals surface area contributed by atoms with Crippen LogP contribution in [0, 0.1) is 0 Å². The smallest absolute Gasteiger partial charge is 0.414 e. The van der Waals surface area contributed by atoms with Crippen molar-refractivity contribution in [1.29, 1.82) is 0 Å². The lowest BCUT2D eigenvalue weighted by molar-refractivity contribution is -0.116. The molecule has 34 heavy (non-hydrogen) atoms. The number of pyridine rings is 1. The Bertz CT molecular complexity index is 1270. The van der Waals surface area contributed by atoms with Gasteiger partial charge in [-0.05, 0) is 35.9 Å². The Morgan fingerprint density at radius 3 is 2.91 bits per heavy atom. The van der Waals surface area contributed by atoms with Crippen LogP contribution in [0.3, 0.4) is 0 Å². The van der Waals surface area contributed by atoms with Crippen LogP contribution in [0.15, 0.2) is 54.7 Å². The molecular formula is C25H23N3O6. The number of rotatable bonds is 6. The Hall–Kier alpha value is -4.27. The van der Waals surface area contributed by atoms with E-state index in [0.29, 0.717) is 42.7 Å². The van der Waals surface area contributed by atoms with Gasteiger partial charge >= 0.3 is 6.09 Å². The zero-order valence-electron chi connectivity index (χ0n) is 18.5. The summed E-state index contributed by atoms with van der Waals surface area (Å²) in [6.45, 7) is 1.48. The van der Waals surface area contributed by atoms with E-state index in [2.05, 4.69) is 10.3 Å². The number of methoxy groups -OCH3 is 1. The molecule has 9 nitrogen and oxygen atoms in total. The van der Waals surface area contributed by atoms with Crippen molar-refractivity contribution in [3.05, 3.63) is 60.3 Å². The van der Waals surface area contributed by atoms with Gasteiger partial charge in [0.25, 0.3) is 0 Å². The molecular weight excluding hydrogens is 438 g/mol. The summed E-state index contributed by atoms with van der Waals surface area (Å²) >= 11 is 0. The van der Waals surface area contributed by atoms with Gasteiger partial charge in [-0.25, -0.2) is 4.79 Å². The van der Waals surface area contributed by atoms with Crippen molar-refractivity contribution in [3.8, 4) is 17.2 Å². The molecule has 0 spiro atoms. The molecule has 0 aliphatic carbocycles. The van der Waals surface area contributed by atoms with E-state index in [1.807, 2.05) is 24.3 Å². The predicted molar refractivity (Wildman–Crippen MR) is 125 cm³/mol. The minimum Gasteiger partial charge on any atom is -0.495 e. The highest BCUT2D eigenvalue weighted by Gasteiger charge is 2.33. The molecule has 0 radical (unpaired) electrons. The first-order valence-corrected chi connectivity index (χ1v) is 10.9. The summed E-state index contributed by atoms with van der Waals surface area (Å²) in [6, 6.07) is 12.9. The molecule has 1 atom stereocenters. The third kappa shape index (κ3) is 4.45. The number of carbonyl (C=O) groups excluding carboxylic acids is 2. The van der Waals surface area contributed by atoms with Crippen molar-refractivity contribution in [2.45, 2.75) is 6.10 Å². The minimum atomic E-state index is -0.469. The Labute approximate surface area is 195 Å². The highest BCUT2D eigenvalue weighted by atomic mass is 16.6. The number of nitrogens with one attached hydrogen (secondary N) is 1. The molecule has 1 N–H and O–H groups in total. The maximum atomic E-state index is 12.4. The average molecular weight is 461 g/mol. The maximum absolute atomic E-state index is 12.4. The Kier molecular flexibility index (Phi) is 5.90. The SMILES string of the molecule is COc1cnc2cccc(C=CC(=O)NCC3CN(c4ccc5c(c4)OCCO5)C(=O)O3)c2c1. The molecule has 1 aromatic heterocycles. The number of hydrogen-bond donors (Lipinski definition) is 1. The third-order valence-corrected chi connectivity index (χ3v) is 5.60. The standard InChI is InChI=1S/C25H23N3O6/c1-31-18-12-20-16(3-2-4-21(20)26-13-18)5-8-24(29)27-14-19-15-28(25(30)34-19)17-6-7-22-23(11-17)33-10-9-32-22/h2-8,11-13,19H,9-10,14-15H2,1H3,(H,27,29). The molecule has 0 bridgehead atoms. The van der Waals surface area contributed by atoms with E-state index in [1.54, 1.807) is 37.6 Å². The number of carbonyl (C=O) groups is 2. The molecule has 3 heterocycles. The first-order valence-electron chi connectivity index (χ1n) is 10.9. The Morgan fingerprint density at radius 2 is 2.06 bits per heavy atom. The molecule has 1 unspecified atom stereocenters. The molecule has 3 aromatic rings. The van der Waals surface area contributed by atoms with Crippen LogP contribution in [0.1, 0.15) is 5.56 Å². The molecule has 2 aromatic carbocycles. The van der Waals surface area contributed by atoms with E-state index in [4.69, 9.17) is 18.9 Å². The molecule has 174 valence electrons. The first-order chi connectivity index (χ1) is 16.6. The van der Waals surface area contributed by atoms with Crippen LogP contribution < -0.4 is 24.4 Å². The van der Waals surface area contributed by atoms with E-state index >= 15 is 0 Å². The van der Waals surface area contributed by atoms with Crippen LogP contribution in [0.4, 0.5) is 10.5 Å². The normalized spacial score (nSPS) is 17.1. The quantitative estimate of drug-likeness (QED) is 0.563. The maximum Gasteiger partial charge on any atom is 0.414 e. The van der Waals surface area contributed by atoms with Crippen LogP contribution in [-0.4, -0.2) is 56.5 Å². The van der Waals surface area contributed by atoms with Gasteiger partial charge in [0.15, 0.2) is 11.5 Å². The monoisotopic (exact) mass is 461 g/mol. The van der Waals surface area contributed by atoms with Gasteiger partial charge in [0.1, 0.15) is 25.1 Å². The van der Waals surface area contributed by atoms with Gasteiger partial charge in [0.2, 0.25) is 5.91 Å². The number of hydrogen-bond acceptors (Lipinski definition) is 7. The van der Waals surface area contributed by atoms with Gasteiger partial charge in [0.05, 0.1) is 37.6 Å². The van der Waals surface area contributed by atoms with Crippen LogP contribution in [0.2, 0.25) is 0 Å². The van der Waals surface area contributed by atoms with Gasteiger partial charge in [0, 0.05) is 17.5 Å². The summed E-state index contributed by atoms with van der Waals surface area (Å²) < 4.78 is 21.8. The van der Waals surface area contributed by atoms with Gasteiger partial charge in [-0.2, -0.15) is 0 Å². The molecule has 2 aliphatic rings. The van der Waals surface area contributed by atoms with Crippen LogP contribution in [0.25, 0.3) is 17.0 Å². The van der Waals surface area contributed by atoms with E-state index in [1.165, 1.54) is 11.0 Å². The fourth-order valence-electron chi connectivity index (χ4n) is 3.89. The number of ether oxygens (including phenoxy) is 4. The fourth-order valence-corrected chi connectivity index (χ4v) is 3.89. The van der Waals surface area contributed by atoms with Crippen LogP contribution in [0.5, 0.6) is 17.2 Å². The second kappa shape index (κ2) is 9.30. The second-order valence-electron chi connectivity index (χ2n) is 7.81. The molecule has 0 saturated carbocycles. The van der Waals surface area contributed by atoms with Crippen molar-refractivity contribution in [2.75, 3.05) is 38.3 Å². The van der Waals surface area contributed by atoms with Crippen molar-refractivity contribution >= 4 is 34.7 Å². The Balaban J connectivity index is 1.20. The van der Waals surface area contributed by atoms with Crippen molar-refractivity contribution in [3.63, 3.8) is 0 Å². The summed E-state index contributed by atoms with van der Waals surface area (Å²) in [4.78, 5) is 30.7. The van der Waals surface area contributed by atoms with Crippen LogP contribution >= 0.6 is 0 Å². The van der Waals surface area contributed by atoms with Crippen LogP contribution in [-0.2, 0) is 9.53 Å². The van der Waals surface area contributed by atoms with Gasteiger partial charge in [-0.3, -0.25) is 14.7 Å². The number of fused-ring (bicyclic) bond motifs is 2. The number of aromatic nitrogens is 1. The number of amides is 2. The second-order valence-corrected chi connectivity index (χ2v) is 7.81. The summed E-state index contributed by atoms with van der Waals surface area (Å²) in [5, 5.41) is 3.67. The first kappa shape index (κ1) is 21.6. The summed E-state index contributed by atoms with van der Waals surface area (Å²) in [5.41, 5.74) is 2.31. The Morgan fingerprint density at radius 1 is 1.21 bits per heavy atom. The van der Waals surface area contributed by atoms with Gasteiger partial charge in [-0.15, -0.1) is 0 Å². The zero-order chi connectivity index (χ0) is 23.5. The minimum absolute atomic E-state index is 0.195. The van der Waals surface area contributed by atoms with Gasteiger partial charge < -0.3 is 24.3 Å². The summed E-state index contributed by atoms with van der Waals surface area (Å²) in [6.07, 6.45) is 3.89. The molecule has 5 rings (SSSR count). The van der Waals surface area contributed by atoms with Crippen molar-refractivity contribution in [2.24, 2.45) is 0 Å². The number of anilines is 1. The topological polar surface area (TPSA) is 99.2 Å². The average Bonchev–Trinajstić information content (AvgIpc) is 3.25. The lowest BCUT2D eigenvalue weighted by atomic mass is 10.1. The zero-order valence-corrected chi connectivity index (χ0v) is 18.5. The van der Waals surface area contributed by atoms with E-state index in [9.17, 15) is 9.59 Å². The highest BCUT2D eigenvalue weighted by molar-refractivity contribution is 5.96. The lowest BCUT2D eigenvalue weighted by Gasteiger charge is -2.21. The molecule has 2 amide bonds. The summed E-state index contributed by atoms with van der Waals surface area (Å²) in [7, 11) is 1.58. The number of nitrogens with zero attached hydrogens (tertiary/aromatic N) is 2. The molecule has 9 heteroatoms. The predicted octanol–water partition coefficient (Wildman–Crippen LogP) is 3.17. The van der Waals surface area contributed by atoms with E-state index in [0.717, 1.165) is 16.5 Å². The highest BCUT2D eigenvalue weighted by Crippen LogP contribution is 2.35. The van der Waals surface area contributed by atoms with E-state index < -0.39 is 12.2 Å². The number of benzene rings is 2. The fraction of sp³-hybridized carbons (Fsp3) is 0.240. The van der Waals surface area contributed by atoms with Crippen molar-refractivity contribution in [1.82, 2.24) is 10.3 Å². The number of cyclic esters (lactones) is 1. The van der Waals surface area contributed by atoms with E-state index in [-0.39, 0.29) is 12.5 Å². The molecule has 1 fully saturated rings.